The molecular formula is C9H13BrN2O5S. The van der Waals surface area contributed by atoms with E-state index in [-0.39, 0.29) is 18.2 Å². The number of anilines is 1. The van der Waals surface area contributed by atoms with Crippen molar-refractivity contribution < 1.29 is 23.4 Å². The fourth-order valence-electron chi connectivity index (χ4n) is 1.04. The molecule has 0 bridgehead atoms. The summed E-state index contributed by atoms with van der Waals surface area (Å²) in [4.78, 5) is 3.88. The normalized spacial score (nSPS) is 13.1. The monoisotopic (exact) mass is 340 g/mol. The van der Waals surface area contributed by atoms with Crippen molar-refractivity contribution in [3.63, 3.8) is 0 Å². The lowest BCUT2D eigenvalue weighted by atomic mass is 10.4. The third-order valence-corrected chi connectivity index (χ3v) is 2.76. The van der Waals surface area contributed by atoms with Crippen LogP contribution in [0.2, 0.25) is 0 Å². The zero-order valence-corrected chi connectivity index (χ0v) is 11.9. The fourth-order valence-corrected chi connectivity index (χ4v) is 1.92. The third kappa shape index (κ3) is 5.17. The summed E-state index contributed by atoms with van der Waals surface area (Å²) < 4.78 is 30.3. The standard InChI is InChI=1S/C9H13BrN2O5S/c1-18(15,16)12-8-2-6(10)3-11-9(8)17-5-7(14)4-13/h2-3,7,12-14H,4-5H2,1H3. The maximum Gasteiger partial charge on any atom is 0.238 e. The van der Waals surface area contributed by atoms with Crippen LogP contribution >= 0.6 is 15.9 Å². The van der Waals surface area contributed by atoms with Gasteiger partial charge in [-0.2, -0.15) is 0 Å². The van der Waals surface area contributed by atoms with E-state index in [0.717, 1.165) is 6.26 Å². The molecule has 102 valence electrons. The van der Waals surface area contributed by atoms with Crippen molar-refractivity contribution in [2.75, 3.05) is 24.2 Å². The van der Waals surface area contributed by atoms with Crippen LogP contribution in [0.25, 0.3) is 0 Å². The number of halogens is 1. The van der Waals surface area contributed by atoms with Gasteiger partial charge < -0.3 is 14.9 Å². The first-order valence-electron chi connectivity index (χ1n) is 4.87. The van der Waals surface area contributed by atoms with Crippen LogP contribution in [0.1, 0.15) is 0 Å². The van der Waals surface area contributed by atoms with Gasteiger partial charge in [0.1, 0.15) is 18.4 Å². The molecule has 0 aromatic carbocycles. The highest BCUT2D eigenvalue weighted by molar-refractivity contribution is 9.10. The number of nitrogens with zero attached hydrogens (tertiary/aromatic N) is 1. The Balaban J connectivity index is 2.89. The smallest absolute Gasteiger partial charge is 0.238 e. The minimum Gasteiger partial charge on any atom is -0.473 e. The highest BCUT2D eigenvalue weighted by atomic mass is 79.9. The van der Waals surface area contributed by atoms with Gasteiger partial charge in [0.25, 0.3) is 0 Å². The molecular weight excluding hydrogens is 328 g/mol. The summed E-state index contributed by atoms with van der Waals surface area (Å²) in [7, 11) is -3.46. The van der Waals surface area contributed by atoms with Crippen molar-refractivity contribution >= 4 is 31.6 Å². The highest BCUT2D eigenvalue weighted by Crippen LogP contribution is 2.26. The number of aromatic nitrogens is 1. The van der Waals surface area contributed by atoms with Crippen molar-refractivity contribution in [2.45, 2.75) is 6.10 Å². The average Bonchev–Trinajstić information content (AvgIpc) is 2.25. The average molecular weight is 341 g/mol. The van der Waals surface area contributed by atoms with Crippen LogP contribution in [0, 0.1) is 0 Å². The molecule has 0 spiro atoms. The zero-order chi connectivity index (χ0) is 13.8. The molecule has 1 aromatic rings. The lowest BCUT2D eigenvalue weighted by Crippen LogP contribution is -2.22. The Morgan fingerprint density at radius 2 is 2.28 bits per heavy atom. The first kappa shape index (κ1) is 15.2. The van der Waals surface area contributed by atoms with E-state index >= 15 is 0 Å². The van der Waals surface area contributed by atoms with E-state index in [1.807, 2.05) is 0 Å². The highest BCUT2D eigenvalue weighted by Gasteiger charge is 2.12. The lowest BCUT2D eigenvalue weighted by molar-refractivity contribution is 0.0524. The van der Waals surface area contributed by atoms with E-state index in [9.17, 15) is 8.42 Å². The number of rotatable bonds is 6. The number of hydrogen-bond acceptors (Lipinski definition) is 6. The van der Waals surface area contributed by atoms with Gasteiger partial charge in [-0.05, 0) is 22.0 Å². The summed E-state index contributed by atoms with van der Waals surface area (Å²) >= 11 is 3.16. The first-order chi connectivity index (χ1) is 8.31. The Kier molecular flexibility index (Phi) is 5.32. The molecule has 0 amide bonds. The summed E-state index contributed by atoms with van der Waals surface area (Å²) in [5, 5.41) is 17.8. The number of aliphatic hydroxyl groups excluding tert-OH is 2. The Morgan fingerprint density at radius 1 is 1.61 bits per heavy atom. The molecule has 18 heavy (non-hydrogen) atoms. The molecule has 0 saturated carbocycles. The van der Waals surface area contributed by atoms with E-state index in [4.69, 9.17) is 14.9 Å². The molecule has 7 nitrogen and oxygen atoms in total. The summed E-state index contributed by atoms with van der Waals surface area (Å²) in [5.41, 5.74) is 0.150. The van der Waals surface area contributed by atoms with Crippen molar-refractivity contribution in [3.05, 3.63) is 16.7 Å². The maximum atomic E-state index is 11.2. The Bertz CT molecular complexity index is 508. The quantitative estimate of drug-likeness (QED) is 0.669. The van der Waals surface area contributed by atoms with Gasteiger partial charge in [-0.1, -0.05) is 0 Å². The Morgan fingerprint density at radius 3 is 2.83 bits per heavy atom. The van der Waals surface area contributed by atoms with Crippen LogP contribution in [-0.4, -0.2) is 49.2 Å². The second kappa shape index (κ2) is 6.32. The van der Waals surface area contributed by atoms with Crippen molar-refractivity contribution in [3.8, 4) is 5.88 Å². The number of hydrogen-bond donors (Lipinski definition) is 3. The minimum atomic E-state index is -3.46. The molecule has 0 aliphatic heterocycles. The molecule has 3 N–H and O–H groups in total. The largest absolute Gasteiger partial charge is 0.473 e. The molecule has 0 saturated heterocycles. The van der Waals surface area contributed by atoms with E-state index < -0.39 is 22.7 Å². The van der Waals surface area contributed by atoms with Gasteiger partial charge in [0, 0.05) is 10.7 Å². The van der Waals surface area contributed by atoms with E-state index in [1.54, 1.807) is 0 Å². The van der Waals surface area contributed by atoms with Crippen LogP contribution in [0.5, 0.6) is 5.88 Å². The van der Waals surface area contributed by atoms with Gasteiger partial charge in [0.05, 0.1) is 12.9 Å². The molecule has 1 heterocycles. The summed E-state index contributed by atoms with van der Waals surface area (Å²) in [6.07, 6.45) is 1.37. The van der Waals surface area contributed by atoms with Crippen molar-refractivity contribution in [1.29, 1.82) is 0 Å². The van der Waals surface area contributed by atoms with Crippen LogP contribution in [0.4, 0.5) is 5.69 Å². The second-order valence-corrected chi connectivity index (χ2v) is 6.19. The summed E-state index contributed by atoms with van der Waals surface area (Å²) in [6.45, 7) is -0.644. The zero-order valence-electron chi connectivity index (χ0n) is 9.50. The Labute approximate surface area is 113 Å². The molecule has 9 heteroatoms. The van der Waals surface area contributed by atoms with E-state index in [2.05, 4.69) is 25.6 Å². The molecule has 0 aliphatic carbocycles. The number of nitrogens with one attached hydrogen (secondary N) is 1. The molecule has 0 fully saturated rings. The van der Waals surface area contributed by atoms with Crippen LogP contribution in [-0.2, 0) is 10.0 Å². The van der Waals surface area contributed by atoms with Gasteiger partial charge in [0.2, 0.25) is 15.9 Å². The second-order valence-electron chi connectivity index (χ2n) is 3.53. The first-order valence-corrected chi connectivity index (χ1v) is 7.55. The number of pyridine rings is 1. The molecule has 1 unspecified atom stereocenters. The molecule has 1 rings (SSSR count). The third-order valence-electron chi connectivity index (χ3n) is 1.74. The summed E-state index contributed by atoms with van der Waals surface area (Å²) in [6, 6.07) is 1.48. The van der Waals surface area contributed by atoms with Gasteiger partial charge in [-0.3, -0.25) is 4.72 Å². The number of sulfonamides is 1. The Hall–Kier alpha value is -0.900. The van der Waals surface area contributed by atoms with Gasteiger partial charge in [0.15, 0.2) is 0 Å². The number of ether oxygens (including phenoxy) is 1. The van der Waals surface area contributed by atoms with Crippen molar-refractivity contribution in [2.24, 2.45) is 0 Å². The summed E-state index contributed by atoms with van der Waals surface area (Å²) in [5.74, 6) is 0.0242. The predicted molar refractivity (Wildman–Crippen MR) is 69.0 cm³/mol. The van der Waals surface area contributed by atoms with Crippen LogP contribution < -0.4 is 9.46 Å². The van der Waals surface area contributed by atoms with E-state index in [0.29, 0.717) is 4.47 Å². The lowest BCUT2D eigenvalue weighted by Gasteiger charge is -2.13. The SMILES string of the molecule is CS(=O)(=O)Nc1cc(Br)cnc1OCC(O)CO. The topological polar surface area (TPSA) is 109 Å². The number of aliphatic hydroxyl groups is 2. The molecule has 1 atom stereocenters. The van der Waals surface area contributed by atoms with E-state index in [1.165, 1.54) is 12.3 Å². The molecule has 0 radical (unpaired) electrons. The van der Waals surface area contributed by atoms with Crippen LogP contribution in [0.3, 0.4) is 0 Å². The van der Waals surface area contributed by atoms with Gasteiger partial charge >= 0.3 is 0 Å². The van der Waals surface area contributed by atoms with Crippen LogP contribution in [0.15, 0.2) is 16.7 Å². The molecule has 0 aliphatic rings. The van der Waals surface area contributed by atoms with Crippen molar-refractivity contribution in [1.82, 2.24) is 4.98 Å². The minimum absolute atomic E-state index is 0.0242. The van der Waals surface area contributed by atoms with Gasteiger partial charge in [-0.25, -0.2) is 13.4 Å². The maximum absolute atomic E-state index is 11.2. The predicted octanol–water partition coefficient (Wildman–Crippen LogP) is -0.0524. The molecule has 1 aromatic heterocycles. The fraction of sp³-hybridized carbons (Fsp3) is 0.444. The van der Waals surface area contributed by atoms with Gasteiger partial charge in [-0.15, -0.1) is 0 Å².